The molecule has 1 aromatic carbocycles. The van der Waals surface area contributed by atoms with Crippen LogP contribution in [0, 0.1) is 10.1 Å². The molecule has 1 fully saturated rings. The normalized spacial score (nSPS) is 21.6. The van der Waals surface area contributed by atoms with Crippen LogP contribution in [-0.4, -0.2) is 27.5 Å². The number of nitrogens with zero attached hydrogens (tertiary/aromatic N) is 2. The molecule has 5 nitrogen and oxygen atoms in total. The summed E-state index contributed by atoms with van der Waals surface area (Å²) >= 11 is 1.87. The molecular formula is C15H17N3O2S. The fourth-order valence-electron chi connectivity index (χ4n) is 2.91. The molecular weight excluding hydrogens is 286 g/mol. The number of nitrogens with one attached hydrogen (secondary N) is 1. The van der Waals surface area contributed by atoms with E-state index in [9.17, 15) is 10.1 Å². The van der Waals surface area contributed by atoms with Gasteiger partial charge in [0.1, 0.15) is 11.9 Å². The van der Waals surface area contributed by atoms with Gasteiger partial charge in [0.15, 0.2) is 0 Å². The van der Waals surface area contributed by atoms with E-state index < -0.39 is 0 Å². The van der Waals surface area contributed by atoms with Crippen LogP contribution < -0.4 is 5.32 Å². The molecule has 1 aliphatic rings. The second-order valence-corrected chi connectivity index (χ2v) is 6.44. The lowest BCUT2D eigenvalue weighted by molar-refractivity contribution is -0.384. The van der Waals surface area contributed by atoms with Crippen molar-refractivity contribution >= 4 is 34.0 Å². The number of nitro groups is 1. The van der Waals surface area contributed by atoms with Gasteiger partial charge in [-0.1, -0.05) is 18.2 Å². The van der Waals surface area contributed by atoms with Gasteiger partial charge < -0.3 is 5.32 Å². The molecule has 2 atom stereocenters. The zero-order chi connectivity index (χ0) is 14.8. The predicted molar refractivity (Wildman–Crippen MR) is 87.0 cm³/mol. The Morgan fingerprint density at radius 1 is 1.38 bits per heavy atom. The van der Waals surface area contributed by atoms with Gasteiger partial charge in [0.2, 0.25) is 0 Å². The zero-order valence-electron chi connectivity index (χ0n) is 11.8. The molecule has 0 radical (unpaired) electrons. The highest BCUT2D eigenvalue weighted by atomic mass is 32.2. The Bertz CT molecular complexity index is 677. The highest BCUT2D eigenvalue weighted by Crippen LogP contribution is 2.36. The minimum absolute atomic E-state index is 0.0568. The minimum Gasteiger partial charge on any atom is -0.376 e. The summed E-state index contributed by atoms with van der Waals surface area (Å²) in [4.78, 5) is 15.1. The lowest BCUT2D eigenvalue weighted by Gasteiger charge is -2.16. The van der Waals surface area contributed by atoms with E-state index in [-0.39, 0.29) is 10.6 Å². The monoisotopic (exact) mass is 303 g/mol. The Labute approximate surface area is 127 Å². The highest BCUT2D eigenvalue weighted by Gasteiger charge is 2.27. The van der Waals surface area contributed by atoms with Crippen LogP contribution in [0.25, 0.3) is 10.9 Å². The SMILES string of the molecule is CSC1CCC(Nc2c([N+](=O)[O-])cnc3ccccc23)C1. The third-order valence-electron chi connectivity index (χ3n) is 4.02. The Balaban J connectivity index is 1.99. The van der Waals surface area contributed by atoms with E-state index >= 15 is 0 Å². The summed E-state index contributed by atoms with van der Waals surface area (Å²) in [5, 5.41) is 16.2. The predicted octanol–water partition coefficient (Wildman–Crippen LogP) is 3.84. The number of para-hydroxylation sites is 1. The molecule has 0 aliphatic heterocycles. The molecule has 1 heterocycles. The van der Waals surface area contributed by atoms with Crippen LogP contribution in [0.2, 0.25) is 0 Å². The molecule has 2 unspecified atom stereocenters. The number of aromatic nitrogens is 1. The van der Waals surface area contributed by atoms with E-state index in [4.69, 9.17) is 0 Å². The third kappa shape index (κ3) is 2.81. The van der Waals surface area contributed by atoms with E-state index in [0.29, 0.717) is 17.0 Å². The molecule has 1 saturated carbocycles. The summed E-state index contributed by atoms with van der Waals surface area (Å²) < 4.78 is 0. The van der Waals surface area contributed by atoms with Crippen LogP contribution in [0.15, 0.2) is 30.5 Å². The molecule has 3 rings (SSSR count). The number of rotatable bonds is 4. The Hall–Kier alpha value is -1.82. The fraction of sp³-hybridized carbons (Fsp3) is 0.400. The number of fused-ring (bicyclic) bond motifs is 1. The van der Waals surface area contributed by atoms with Gasteiger partial charge in [-0.25, -0.2) is 4.98 Å². The molecule has 6 heteroatoms. The van der Waals surface area contributed by atoms with Gasteiger partial charge in [0.05, 0.1) is 10.4 Å². The van der Waals surface area contributed by atoms with Crippen molar-refractivity contribution < 1.29 is 4.92 Å². The number of anilines is 1. The third-order valence-corrected chi connectivity index (χ3v) is 5.11. The average molecular weight is 303 g/mol. The Morgan fingerprint density at radius 2 is 2.19 bits per heavy atom. The molecule has 1 aromatic heterocycles. The van der Waals surface area contributed by atoms with Crippen molar-refractivity contribution in [3.8, 4) is 0 Å². The van der Waals surface area contributed by atoms with E-state index in [1.54, 1.807) is 0 Å². The maximum atomic E-state index is 11.3. The van der Waals surface area contributed by atoms with Crippen molar-refractivity contribution in [2.75, 3.05) is 11.6 Å². The van der Waals surface area contributed by atoms with Gasteiger partial charge in [0.25, 0.3) is 0 Å². The van der Waals surface area contributed by atoms with E-state index in [2.05, 4.69) is 16.6 Å². The molecule has 110 valence electrons. The summed E-state index contributed by atoms with van der Waals surface area (Å²) in [5.74, 6) is 0. The van der Waals surface area contributed by atoms with Crippen molar-refractivity contribution in [2.24, 2.45) is 0 Å². The Kier molecular flexibility index (Phi) is 3.96. The van der Waals surface area contributed by atoms with Crippen LogP contribution in [0.5, 0.6) is 0 Å². The van der Waals surface area contributed by atoms with Gasteiger partial charge in [-0.3, -0.25) is 10.1 Å². The van der Waals surface area contributed by atoms with Gasteiger partial charge in [-0.05, 0) is 31.6 Å². The maximum absolute atomic E-state index is 11.3. The first-order valence-electron chi connectivity index (χ1n) is 7.00. The first kappa shape index (κ1) is 14.1. The van der Waals surface area contributed by atoms with Crippen molar-refractivity contribution in [3.05, 3.63) is 40.6 Å². The standard InChI is InChI=1S/C15H17N3O2S/c1-21-11-7-6-10(8-11)17-15-12-4-2-3-5-13(12)16-9-14(15)18(19)20/h2-5,9-11H,6-8H2,1H3,(H,16,17). The second-order valence-electron chi connectivity index (χ2n) is 5.30. The van der Waals surface area contributed by atoms with Gasteiger partial charge in [-0.15, -0.1) is 0 Å². The number of benzene rings is 1. The van der Waals surface area contributed by atoms with Crippen molar-refractivity contribution in [1.29, 1.82) is 0 Å². The molecule has 0 spiro atoms. The molecule has 0 saturated heterocycles. The number of thioether (sulfide) groups is 1. The van der Waals surface area contributed by atoms with Crippen LogP contribution in [-0.2, 0) is 0 Å². The van der Waals surface area contributed by atoms with Crippen molar-refractivity contribution in [2.45, 2.75) is 30.6 Å². The summed E-state index contributed by atoms with van der Waals surface area (Å²) in [6.45, 7) is 0. The molecule has 2 aromatic rings. The number of pyridine rings is 1. The largest absolute Gasteiger partial charge is 0.376 e. The number of hydrogen-bond acceptors (Lipinski definition) is 5. The smallest absolute Gasteiger partial charge is 0.311 e. The van der Waals surface area contributed by atoms with Gasteiger partial charge in [-0.2, -0.15) is 11.8 Å². The molecule has 21 heavy (non-hydrogen) atoms. The van der Waals surface area contributed by atoms with Crippen molar-refractivity contribution in [1.82, 2.24) is 4.98 Å². The maximum Gasteiger partial charge on any atom is 0.311 e. The van der Waals surface area contributed by atoms with Crippen LogP contribution in [0.3, 0.4) is 0 Å². The topological polar surface area (TPSA) is 68.1 Å². The first-order chi connectivity index (χ1) is 10.2. The lowest BCUT2D eigenvalue weighted by atomic mass is 10.1. The average Bonchev–Trinajstić information content (AvgIpc) is 2.95. The molecule has 0 amide bonds. The summed E-state index contributed by atoms with van der Waals surface area (Å²) in [5.41, 5.74) is 1.45. The van der Waals surface area contributed by atoms with E-state index in [0.717, 1.165) is 30.2 Å². The summed E-state index contributed by atoms with van der Waals surface area (Å²) in [6, 6.07) is 7.84. The summed E-state index contributed by atoms with van der Waals surface area (Å²) in [6.07, 6.45) is 6.74. The lowest BCUT2D eigenvalue weighted by Crippen LogP contribution is -2.17. The zero-order valence-corrected chi connectivity index (χ0v) is 12.6. The van der Waals surface area contributed by atoms with Crippen molar-refractivity contribution in [3.63, 3.8) is 0 Å². The first-order valence-corrected chi connectivity index (χ1v) is 8.29. The fourth-order valence-corrected chi connectivity index (χ4v) is 3.71. The second kappa shape index (κ2) is 5.89. The van der Waals surface area contributed by atoms with E-state index in [1.165, 1.54) is 6.20 Å². The summed E-state index contributed by atoms with van der Waals surface area (Å²) in [7, 11) is 0. The molecule has 1 aliphatic carbocycles. The quantitative estimate of drug-likeness (QED) is 0.686. The molecule has 0 bridgehead atoms. The van der Waals surface area contributed by atoms with E-state index in [1.807, 2.05) is 36.0 Å². The van der Waals surface area contributed by atoms with Crippen LogP contribution in [0.1, 0.15) is 19.3 Å². The molecule has 1 N–H and O–H groups in total. The Morgan fingerprint density at radius 3 is 2.90 bits per heavy atom. The number of hydrogen-bond donors (Lipinski definition) is 1. The van der Waals surface area contributed by atoms with Crippen LogP contribution >= 0.6 is 11.8 Å². The minimum atomic E-state index is -0.358. The van der Waals surface area contributed by atoms with Gasteiger partial charge in [0, 0.05) is 16.7 Å². The van der Waals surface area contributed by atoms with Crippen LogP contribution in [0.4, 0.5) is 11.4 Å². The highest BCUT2D eigenvalue weighted by molar-refractivity contribution is 7.99. The van der Waals surface area contributed by atoms with Gasteiger partial charge >= 0.3 is 5.69 Å².